The molecule has 2 rings (SSSR count). The second kappa shape index (κ2) is 5.55. The van der Waals surface area contributed by atoms with Crippen LogP contribution < -0.4 is 0 Å². The van der Waals surface area contributed by atoms with E-state index in [1.165, 1.54) is 25.7 Å². The van der Waals surface area contributed by atoms with Gasteiger partial charge in [0.2, 0.25) is 0 Å². The van der Waals surface area contributed by atoms with Gasteiger partial charge < -0.3 is 9.67 Å². The van der Waals surface area contributed by atoms with Gasteiger partial charge in [-0.3, -0.25) is 4.79 Å². The van der Waals surface area contributed by atoms with E-state index in [0.717, 1.165) is 5.92 Å². The molecule has 1 aromatic rings. The van der Waals surface area contributed by atoms with E-state index in [4.69, 9.17) is 5.11 Å². The molecule has 1 heterocycles. The predicted octanol–water partition coefficient (Wildman–Crippen LogP) is 3.21. The third-order valence-electron chi connectivity index (χ3n) is 4.09. The monoisotopic (exact) mass is 250 g/mol. The molecule has 1 unspecified atom stereocenters. The second-order valence-corrected chi connectivity index (χ2v) is 5.46. The smallest absolute Gasteiger partial charge is 0.312 e. The fourth-order valence-corrected chi connectivity index (χ4v) is 2.78. The molecule has 0 spiro atoms. The maximum absolute atomic E-state index is 11.1. The third kappa shape index (κ3) is 2.74. The van der Waals surface area contributed by atoms with Crippen LogP contribution in [0.2, 0.25) is 0 Å². The van der Waals surface area contributed by atoms with Gasteiger partial charge in [0.1, 0.15) is 5.92 Å². The zero-order valence-corrected chi connectivity index (χ0v) is 11.2. The van der Waals surface area contributed by atoms with Crippen LogP contribution in [0.5, 0.6) is 0 Å². The van der Waals surface area contributed by atoms with Gasteiger partial charge in [-0.15, -0.1) is 0 Å². The quantitative estimate of drug-likeness (QED) is 0.892. The average Bonchev–Trinajstić information content (AvgIpc) is 2.80. The fraction of sp³-hybridized carbons (Fsp3) is 0.714. The van der Waals surface area contributed by atoms with Crippen molar-refractivity contribution in [1.29, 1.82) is 0 Å². The van der Waals surface area contributed by atoms with E-state index < -0.39 is 11.9 Å². The van der Waals surface area contributed by atoms with Crippen LogP contribution in [0.25, 0.3) is 0 Å². The number of aliphatic carboxylic acids is 1. The Balaban J connectivity index is 2.08. The van der Waals surface area contributed by atoms with E-state index in [1.54, 1.807) is 0 Å². The molecule has 4 heteroatoms. The molecule has 4 nitrogen and oxygen atoms in total. The minimum absolute atomic E-state index is 0.464. The molecular weight excluding hydrogens is 228 g/mol. The van der Waals surface area contributed by atoms with Crippen molar-refractivity contribution in [3.63, 3.8) is 0 Å². The number of aromatic nitrogens is 2. The number of hydrogen-bond donors (Lipinski definition) is 1. The van der Waals surface area contributed by atoms with Crippen molar-refractivity contribution in [2.45, 2.75) is 57.9 Å². The van der Waals surface area contributed by atoms with E-state index in [0.29, 0.717) is 18.2 Å². The van der Waals surface area contributed by atoms with Crippen molar-refractivity contribution in [3.8, 4) is 0 Å². The van der Waals surface area contributed by atoms with Crippen LogP contribution in [0.15, 0.2) is 12.5 Å². The minimum Gasteiger partial charge on any atom is -0.481 e. The largest absolute Gasteiger partial charge is 0.481 e. The number of hydrogen-bond acceptors (Lipinski definition) is 2. The highest BCUT2D eigenvalue weighted by Gasteiger charge is 2.23. The standard InChI is InChI=1S/C14H22N2O2/c1-3-12(14(17)18)13-8-16(9-15-13)11-6-4-10(2)5-7-11/h8-12H,3-7H2,1-2H3,(H,17,18)/t10-,11-,12?. The zero-order valence-electron chi connectivity index (χ0n) is 11.2. The summed E-state index contributed by atoms with van der Waals surface area (Å²) in [5.41, 5.74) is 0.698. The van der Waals surface area contributed by atoms with Crippen LogP contribution in [0, 0.1) is 5.92 Å². The Morgan fingerprint density at radius 2 is 2.17 bits per heavy atom. The molecule has 0 saturated heterocycles. The highest BCUT2D eigenvalue weighted by molar-refractivity contribution is 5.75. The van der Waals surface area contributed by atoms with Gasteiger partial charge in [0.25, 0.3) is 0 Å². The number of imidazole rings is 1. The van der Waals surface area contributed by atoms with Gasteiger partial charge in [-0.05, 0) is 38.0 Å². The Labute approximate surface area is 108 Å². The first-order valence-electron chi connectivity index (χ1n) is 6.88. The molecule has 0 amide bonds. The molecule has 0 aliphatic heterocycles. The highest BCUT2D eigenvalue weighted by Crippen LogP contribution is 2.32. The Morgan fingerprint density at radius 3 is 2.72 bits per heavy atom. The number of nitrogens with zero attached hydrogens (tertiary/aromatic N) is 2. The lowest BCUT2D eigenvalue weighted by molar-refractivity contribution is -0.138. The molecule has 1 aromatic heterocycles. The van der Waals surface area contributed by atoms with E-state index in [1.807, 2.05) is 19.4 Å². The van der Waals surface area contributed by atoms with Gasteiger partial charge in [-0.2, -0.15) is 0 Å². The first kappa shape index (κ1) is 13.1. The summed E-state index contributed by atoms with van der Waals surface area (Å²) in [7, 11) is 0. The summed E-state index contributed by atoms with van der Waals surface area (Å²) in [5.74, 6) is -0.416. The van der Waals surface area contributed by atoms with Gasteiger partial charge >= 0.3 is 5.97 Å². The lowest BCUT2D eigenvalue weighted by Gasteiger charge is -2.27. The van der Waals surface area contributed by atoms with Gasteiger partial charge in [-0.25, -0.2) is 4.98 Å². The van der Waals surface area contributed by atoms with Crippen LogP contribution in [0.1, 0.15) is 63.6 Å². The van der Waals surface area contributed by atoms with Crippen LogP contribution in [-0.2, 0) is 4.79 Å². The maximum Gasteiger partial charge on any atom is 0.312 e. The van der Waals surface area contributed by atoms with Gasteiger partial charge in [-0.1, -0.05) is 13.8 Å². The van der Waals surface area contributed by atoms with Gasteiger partial charge in [0.15, 0.2) is 0 Å². The Kier molecular flexibility index (Phi) is 4.04. The molecule has 1 aliphatic rings. The topological polar surface area (TPSA) is 55.1 Å². The molecule has 0 radical (unpaired) electrons. The molecule has 100 valence electrons. The summed E-state index contributed by atoms with van der Waals surface area (Å²) in [5, 5.41) is 9.13. The first-order valence-corrected chi connectivity index (χ1v) is 6.88. The van der Waals surface area contributed by atoms with Crippen molar-refractivity contribution < 1.29 is 9.90 Å². The maximum atomic E-state index is 11.1. The van der Waals surface area contributed by atoms with E-state index in [-0.39, 0.29) is 0 Å². The molecule has 1 saturated carbocycles. The minimum atomic E-state index is -0.778. The first-order chi connectivity index (χ1) is 8.61. The number of carboxylic acid groups (broad SMARTS) is 1. The highest BCUT2D eigenvalue weighted by atomic mass is 16.4. The lowest BCUT2D eigenvalue weighted by atomic mass is 9.87. The normalized spacial score (nSPS) is 25.9. The summed E-state index contributed by atoms with van der Waals surface area (Å²) in [6, 6.07) is 0.508. The summed E-state index contributed by atoms with van der Waals surface area (Å²) >= 11 is 0. The molecule has 1 atom stereocenters. The Hall–Kier alpha value is -1.32. The van der Waals surface area contributed by atoms with Crippen molar-refractivity contribution in [1.82, 2.24) is 9.55 Å². The molecular formula is C14H22N2O2. The molecule has 0 bridgehead atoms. The summed E-state index contributed by atoms with van der Waals surface area (Å²) in [6.45, 7) is 4.19. The number of carbonyl (C=O) groups is 1. The van der Waals surface area contributed by atoms with Crippen LogP contribution in [0.4, 0.5) is 0 Å². The van der Waals surface area contributed by atoms with Gasteiger partial charge in [0.05, 0.1) is 12.0 Å². The van der Waals surface area contributed by atoms with Crippen molar-refractivity contribution in [2.24, 2.45) is 5.92 Å². The Morgan fingerprint density at radius 1 is 1.50 bits per heavy atom. The van der Waals surface area contributed by atoms with Crippen molar-refractivity contribution >= 4 is 5.97 Å². The third-order valence-corrected chi connectivity index (χ3v) is 4.09. The predicted molar refractivity (Wildman–Crippen MR) is 69.6 cm³/mol. The van der Waals surface area contributed by atoms with Crippen molar-refractivity contribution in [2.75, 3.05) is 0 Å². The molecule has 18 heavy (non-hydrogen) atoms. The molecule has 1 N–H and O–H groups in total. The fourth-order valence-electron chi connectivity index (χ4n) is 2.78. The van der Waals surface area contributed by atoms with Crippen LogP contribution >= 0.6 is 0 Å². The van der Waals surface area contributed by atoms with Crippen molar-refractivity contribution in [3.05, 3.63) is 18.2 Å². The number of rotatable bonds is 4. The molecule has 0 aromatic carbocycles. The van der Waals surface area contributed by atoms with E-state index >= 15 is 0 Å². The molecule has 1 aliphatic carbocycles. The average molecular weight is 250 g/mol. The van der Waals surface area contributed by atoms with E-state index in [2.05, 4.69) is 16.5 Å². The van der Waals surface area contributed by atoms with Crippen LogP contribution in [-0.4, -0.2) is 20.6 Å². The summed E-state index contributed by atoms with van der Waals surface area (Å²) < 4.78 is 2.12. The van der Waals surface area contributed by atoms with Crippen LogP contribution in [0.3, 0.4) is 0 Å². The Bertz CT molecular complexity index is 406. The molecule has 1 fully saturated rings. The van der Waals surface area contributed by atoms with Gasteiger partial charge in [0, 0.05) is 12.2 Å². The SMILES string of the molecule is CCC(C(=O)O)c1cn([C@H]2CC[C@H](C)CC2)cn1. The summed E-state index contributed by atoms with van der Waals surface area (Å²) in [4.78, 5) is 15.4. The van der Waals surface area contributed by atoms with E-state index in [9.17, 15) is 4.79 Å². The summed E-state index contributed by atoms with van der Waals surface area (Å²) in [6.07, 6.45) is 9.21. The second-order valence-electron chi connectivity index (χ2n) is 5.46. The lowest BCUT2D eigenvalue weighted by Crippen LogP contribution is -2.15. The zero-order chi connectivity index (χ0) is 13.1. The number of carboxylic acids is 1.